The Morgan fingerprint density at radius 1 is 0.879 bits per heavy atom. The maximum atomic E-state index is 12.6. The van der Waals surface area contributed by atoms with Crippen molar-refractivity contribution >= 4 is 25.8 Å². The topological polar surface area (TPSA) is 120 Å². The molecule has 2 aromatic carbocycles. The number of hydrogen-bond donors (Lipinski definition) is 0. The third-order valence-corrected chi connectivity index (χ3v) is 8.08. The van der Waals surface area contributed by atoms with E-state index in [1.165, 1.54) is 62.8 Å². The number of carbonyl (C=O) groups excluding carboxylic acids is 1. The van der Waals surface area contributed by atoms with Gasteiger partial charge in [-0.3, -0.25) is 0 Å². The second kappa shape index (κ2) is 10.2. The number of rotatable bonds is 10. The monoisotopic (exact) mass is 493 g/mol. The minimum absolute atomic E-state index is 0.00384. The Kier molecular flexibility index (Phi) is 7.57. The summed E-state index contributed by atoms with van der Waals surface area (Å²) in [4.78, 5) is 12.6. The SMILES string of the molecule is CN(C)S(=O)(=O)c1ccc(OCCOC(=O)c2occc2CS(=O)(=O)c2ccccc2)cc1. The van der Waals surface area contributed by atoms with E-state index in [4.69, 9.17) is 13.9 Å². The molecule has 0 saturated heterocycles. The first-order valence-corrected chi connectivity index (χ1v) is 12.9. The Morgan fingerprint density at radius 3 is 2.18 bits per heavy atom. The summed E-state index contributed by atoms with van der Waals surface area (Å²) in [6.45, 7) is -0.119. The highest BCUT2D eigenvalue weighted by molar-refractivity contribution is 7.90. The van der Waals surface area contributed by atoms with Crippen LogP contribution in [-0.2, 0) is 30.4 Å². The average molecular weight is 494 g/mol. The molecule has 0 atom stereocenters. The van der Waals surface area contributed by atoms with E-state index in [0.29, 0.717) is 5.75 Å². The van der Waals surface area contributed by atoms with E-state index in [0.717, 1.165) is 4.31 Å². The van der Waals surface area contributed by atoms with Gasteiger partial charge < -0.3 is 13.9 Å². The highest BCUT2D eigenvalue weighted by Crippen LogP contribution is 2.21. The van der Waals surface area contributed by atoms with Gasteiger partial charge in [0.15, 0.2) is 9.84 Å². The summed E-state index contributed by atoms with van der Waals surface area (Å²) in [6.07, 6.45) is 1.23. The van der Waals surface area contributed by atoms with Gasteiger partial charge >= 0.3 is 5.97 Å². The molecule has 33 heavy (non-hydrogen) atoms. The lowest BCUT2D eigenvalue weighted by Gasteiger charge is -2.12. The molecule has 0 radical (unpaired) electrons. The van der Waals surface area contributed by atoms with Gasteiger partial charge in [-0.25, -0.2) is 25.9 Å². The fraction of sp³-hybridized carbons (Fsp3) is 0.227. The van der Waals surface area contributed by atoms with Gasteiger partial charge in [0.2, 0.25) is 15.8 Å². The van der Waals surface area contributed by atoms with E-state index in [1.807, 2.05) is 0 Å². The van der Waals surface area contributed by atoms with Crippen molar-refractivity contribution in [3.63, 3.8) is 0 Å². The summed E-state index contributed by atoms with van der Waals surface area (Å²) in [5, 5.41) is 0. The predicted octanol–water partition coefficient (Wildman–Crippen LogP) is 2.74. The highest BCUT2D eigenvalue weighted by Gasteiger charge is 2.23. The van der Waals surface area contributed by atoms with Crippen LogP contribution in [0.1, 0.15) is 16.1 Å². The van der Waals surface area contributed by atoms with Crippen LogP contribution in [0.3, 0.4) is 0 Å². The highest BCUT2D eigenvalue weighted by atomic mass is 32.2. The summed E-state index contributed by atoms with van der Waals surface area (Å²) >= 11 is 0. The predicted molar refractivity (Wildman–Crippen MR) is 119 cm³/mol. The average Bonchev–Trinajstić information content (AvgIpc) is 3.25. The molecule has 0 unspecified atom stereocenters. The van der Waals surface area contributed by atoms with E-state index in [2.05, 4.69) is 0 Å². The number of benzene rings is 2. The minimum atomic E-state index is -3.66. The summed E-state index contributed by atoms with van der Waals surface area (Å²) in [6, 6.07) is 15.1. The largest absolute Gasteiger partial charge is 0.490 e. The lowest BCUT2D eigenvalue weighted by Crippen LogP contribution is -2.22. The molecule has 11 heteroatoms. The molecular formula is C22H23NO8S2. The number of carbonyl (C=O) groups is 1. The fourth-order valence-electron chi connectivity index (χ4n) is 2.82. The van der Waals surface area contributed by atoms with E-state index in [1.54, 1.807) is 18.2 Å². The molecule has 1 heterocycles. The smallest absolute Gasteiger partial charge is 0.374 e. The summed E-state index contributed by atoms with van der Waals surface area (Å²) in [5.41, 5.74) is 0.197. The quantitative estimate of drug-likeness (QED) is 0.312. The van der Waals surface area contributed by atoms with Gasteiger partial charge in [0, 0.05) is 19.7 Å². The van der Waals surface area contributed by atoms with E-state index in [-0.39, 0.29) is 34.3 Å². The lowest BCUT2D eigenvalue weighted by molar-refractivity contribution is 0.0413. The van der Waals surface area contributed by atoms with Gasteiger partial charge in [-0.2, -0.15) is 0 Å². The van der Waals surface area contributed by atoms with Gasteiger partial charge in [0.25, 0.3) is 0 Å². The first kappa shape index (κ1) is 24.5. The van der Waals surface area contributed by atoms with E-state index in [9.17, 15) is 21.6 Å². The van der Waals surface area contributed by atoms with Crippen LogP contribution < -0.4 is 4.74 Å². The molecule has 0 N–H and O–H groups in total. The molecular weight excluding hydrogens is 470 g/mol. The molecule has 0 aliphatic heterocycles. The molecule has 3 aromatic rings. The molecule has 176 valence electrons. The van der Waals surface area contributed by atoms with Crippen molar-refractivity contribution in [3.8, 4) is 5.75 Å². The Labute approximate surface area is 192 Å². The van der Waals surface area contributed by atoms with Crippen molar-refractivity contribution < 1.29 is 35.5 Å². The zero-order chi connectivity index (χ0) is 24.1. The lowest BCUT2D eigenvalue weighted by atomic mass is 10.3. The molecule has 0 aliphatic carbocycles. The second-order valence-electron chi connectivity index (χ2n) is 7.09. The van der Waals surface area contributed by atoms with Crippen molar-refractivity contribution in [3.05, 3.63) is 78.3 Å². The zero-order valence-electron chi connectivity index (χ0n) is 18.0. The standard InChI is InChI=1S/C22H23NO8S2/c1-23(2)33(27,28)20-10-8-18(9-11-20)29-14-15-31-22(24)21-17(12-13-30-21)16-32(25,26)19-6-4-3-5-7-19/h3-13H,14-16H2,1-2H3. The van der Waals surface area contributed by atoms with Gasteiger partial charge in [-0.05, 0) is 42.5 Å². The van der Waals surface area contributed by atoms with Crippen molar-refractivity contribution in [1.29, 1.82) is 0 Å². The van der Waals surface area contributed by atoms with Gasteiger partial charge in [0.05, 0.1) is 21.8 Å². The molecule has 0 spiro atoms. The van der Waals surface area contributed by atoms with Crippen LogP contribution in [0, 0.1) is 0 Å². The Balaban J connectivity index is 1.54. The first-order chi connectivity index (χ1) is 15.6. The fourth-order valence-corrected chi connectivity index (χ4v) is 5.10. The second-order valence-corrected chi connectivity index (χ2v) is 11.2. The van der Waals surface area contributed by atoms with Crippen LogP contribution in [0.4, 0.5) is 0 Å². The van der Waals surface area contributed by atoms with Crippen LogP contribution in [0.25, 0.3) is 0 Å². The number of ether oxygens (including phenoxy) is 2. The van der Waals surface area contributed by atoms with Crippen LogP contribution in [0.2, 0.25) is 0 Å². The number of hydrogen-bond acceptors (Lipinski definition) is 8. The summed E-state index contributed by atoms with van der Waals surface area (Å²) < 4.78 is 66.1. The van der Waals surface area contributed by atoms with E-state index >= 15 is 0 Å². The number of furan rings is 1. The zero-order valence-corrected chi connectivity index (χ0v) is 19.6. The number of sulfone groups is 1. The minimum Gasteiger partial charge on any atom is -0.490 e. The summed E-state index contributed by atoms with van der Waals surface area (Å²) in [5.74, 6) is -1.00. The van der Waals surface area contributed by atoms with Crippen molar-refractivity contribution in [2.45, 2.75) is 15.5 Å². The number of sulfonamides is 1. The first-order valence-electron chi connectivity index (χ1n) is 9.78. The third kappa shape index (κ3) is 6.01. The molecule has 0 amide bonds. The van der Waals surface area contributed by atoms with Crippen LogP contribution in [0.5, 0.6) is 5.75 Å². The Morgan fingerprint density at radius 2 is 1.55 bits per heavy atom. The number of esters is 1. The molecule has 0 saturated carbocycles. The van der Waals surface area contributed by atoms with Gasteiger partial charge in [-0.15, -0.1) is 0 Å². The van der Waals surface area contributed by atoms with Crippen molar-refractivity contribution in [2.75, 3.05) is 27.3 Å². The Bertz CT molecular complexity index is 1300. The molecule has 0 fully saturated rings. The van der Waals surface area contributed by atoms with Gasteiger partial charge in [0.1, 0.15) is 19.0 Å². The van der Waals surface area contributed by atoms with Crippen molar-refractivity contribution in [2.24, 2.45) is 0 Å². The molecule has 9 nitrogen and oxygen atoms in total. The van der Waals surface area contributed by atoms with E-state index < -0.39 is 31.6 Å². The maximum absolute atomic E-state index is 12.6. The molecule has 0 bridgehead atoms. The number of nitrogens with zero attached hydrogens (tertiary/aromatic N) is 1. The third-order valence-electron chi connectivity index (χ3n) is 4.57. The normalized spacial score (nSPS) is 12.0. The molecule has 3 rings (SSSR count). The van der Waals surface area contributed by atoms with Crippen LogP contribution in [0.15, 0.2) is 81.1 Å². The summed E-state index contributed by atoms with van der Waals surface area (Å²) in [7, 11) is -4.31. The van der Waals surface area contributed by atoms with Crippen LogP contribution >= 0.6 is 0 Å². The van der Waals surface area contributed by atoms with Crippen molar-refractivity contribution in [1.82, 2.24) is 4.31 Å². The van der Waals surface area contributed by atoms with Crippen LogP contribution in [-0.4, -0.2) is 54.4 Å². The molecule has 0 aliphatic rings. The maximum Gasteiger partial charge on any atom is 0.374 e. The van der Waals surface area contributed by atoms with Gasteiger partial charge in [-0.1, -0.05) is 18.2 Å². The Hall–Kier alpha value is -3.15. The molecule has 1 aromatic heterocycles.